The highest BCUT2D eigenvalue weighted by Crippen LogP contribution is 2.20. The van der Waals surface area contributed by atoms with Crippen molar-refractivity contribution in [1.82, 2.24) is 14.8 Å². The molecule has 2 unspecified atom stereocenters. The van der Waals surface area contributed by atoms with Crippen molar-refractivity contribution >= 4 is 5.78 Å². The molecule has 0 amide bonds. The highest BCUT2D eigenvalue weighted by molar-refractivity contribution is 5.84. The van der Waals surface area contributed by atoms with E-state index in [1.54, 1.807) is 11.7 Å². The molecule has 0 radical (unpaired) electrons. The summed E-state index contributed by atoms with van der Waals surface area (Å²) in [5.74, 6) is 0.733. The van der Waals surface area contributed by atoms with E-state index in [0.717, 1.165) is 12.8 Å². The average Bonchev–Trinajstić information content (AvgIpc) is 2.88. The highest BCUT2D eigenvalue weighted by atomic mass is 16.5. The second-order valence-electron chi connectivity index (χ2n) is 4.00. The Bertz CT molecular complexity index is 377. The number of aryl methyl sites for hydroxylation is 1. The third-order valence-corrected chi connectivity index (χ3v) is 2.87. The van der Waals surface area contributed by atoms with E-state index in [0.29, 0.717) is 12.4 Å². The Balaban J connectivity index is 1.92. The van der Waals surface area contributed by atoms with Crippen LogP contribution >= 0.6 is 0 Å². The Labute approximate surface area is 93.8 Å². The van der Waals surface area contributed by atoms with E-state index in [9.17, 15) is 4.79 Å². The van der Waals surface area contributed by atoms with Crippen molar-refractivity contribution in [3.63, 3.8) is 0 Å². The van der Waals surface area contributed by atoms with E-state index in [1.807, 2.05) is 0 Å². The number of Topliss-reactive ketones (excluding diaryl/α,β-unsaturated/α-hetero) is 1. The third-order valence-electron chi connectivity index (χ3n) is 2.87. The van der Waals surface area contributed by atoms with Crippen LogP contribution in [-0.4, -0.2) is 39.3 Å². The Morgan fingerprint density at radius 3 is 3.06 bits per heavy atom. The van der Waals surface area contributed by atoms with Gasteiger partial charge in [-0.1, -0.05) is 0 Å². The summed E-state index contributed by atoms with van der Waals surface area (Å²) in [5, 5.41) is 3.92. The molecule has 1 aliphatic heterocycles. The monoisotopic (exact) mass is 224 g/mol. The van der Waals surface area contributed by atoms with Gasteiger partial charge in [-0.15, -0.1) is 0 Å². The topological polar surface area (TPSA) is 83.0 Å². The van der Waals surface area contributed by atoms with E-state index >= 15 is 0 Å². The summed E-state index contributed by atoms with van der Waals surface area (Å²) in [6.45, 7) is 0.480. The maximum absolute atomic E-state index is 11.9. The summed E-state index contributed by atoms with van der Waals surface area (Å²) >= 11 is 0. The van der Waals surface area contributed by atoms with Crippen LogP contribution in [0.4, 0.5) is 0 Å². The molecular formula is C10H16N4O2. The standard InChI is InChI=1S/C10H16N4O2/c1-14-10(12-6-13-14)4-8(15)9-3-2-7(5-11)16-9/h6-7,9H,2-5,11H2,1H3. The van der Waals surface area contributed by atoms with Crippen LogP contribution in [0.5, 0.6) is 0 Å². The molecule has 2 N–H and O–H groups in total. The minimum absolute atomic E-state index is 0.0356. The number of hydrogen-bond acceptors (Lipinski definition) is 5. The molecule has 88 valence electrons. The summed E-state index contributed by atoms with van der Waals surface area (Å²) in [4.78, 5) is 15.9. The van der Waals surface area contributed by atoms with Crippen molar-refractivity contribution in [3.8, 4) is 0 Å². The predicted molar refractivity (Wildman–Crippen MR) is 56.7 cm³/mol. The van der Waals surface area contributed by atoms with E-state index < -0.39 is 0 Å². The van der Waals surface area contributed by atoms with Gasteiger partial charge in [-0.2, -0.15) is 5.10 Å². The number of nitrogens with zero attached hydrogens (tertiary/aromatic N) is 3. The van der Waals surface area contributed by atoms with Crippen molar-refractivity contribution in [3.05, 3.63) is 12.2 Å². The summed E-state index contributed by atoms with van der Waals surface area (Å²) in [6, 6.07) is 0. The lowest BCUT2D eigenvalue weighted by Crippen LogP contribution is -2.27. The van der Waals surface area contributed by atoms with Gasteiger partial charge in [-0.25, -0.2) is 4.98 Å². The van der Waals surface area contributed by atoms with Crippen LogP contribution in [0.2, 0.25) is 0 Å². The van der Waals surface area contributed by atoms with Crippen LogP contribution in [0.25, 0.3) is 0 Å². The summed E-state index contributed by atoms with van der Waals surface area (Å²) in [7, 11) is 1.77. The fraction of sp³-hybridized carbons (Fsp3) is 0.700. The van der Waals surface area contributed by atoms with Crippen molar-refractivity contribution < 1.29 is 9.53 Å². The Hall–Kier alpha value is -1.27. The SMILES string of the molecule is Cn1ncnc1CC(=O)C1CCC(CN)O1. The zero-order chi connectivity index (χ0) is 11.5. The van der Waals surface area contributed by atoms with Crippen molar-refractivity contribution in [2.24, 2.45) is 12.8 Å². The molecule has 0 saturated carbocycles. The molecule has 2 heterocycles. The van der Waals surface area contributed by atoms with Gasteiger partial charge in [0.25, 0.3) is 0 Å². The molecule has 6 nitrogen and oxygen atoms in total. The van der Waals surface area contributed by atoms with Gasteiger partial charge in [0.05, 0.1) is 12.5 Å². The zero-order valence-corrected chi connectivity index (χ0v) is 9.30. The molecule has 1 fully saturated rings. The number of carbonyl (C=O) groups excluding carboxylic acids is 1. The molecule has 0 bridgehead atoms. The molecule has 1 aliphatic rings. The van der Waals surface area contributed by atoms with Crippen molar-refractivity contribution in [2.45, 2.75) is 31.5 Å². The predicted octanol–water partition coefficient (Wildman–Crippen LogP) is -0.567. The molecule has 0 spiro atoms. The first kappa shape index (κ1) is 11.2. The normalized spacial score (nSPS) is 24.9. The maximum Gasteiger partial charge on any atom is 0.169 e. The largest absolute Gasteiger partial charge is 0.366 e. The molecule has 0 aliphatic carbocycles. The van der Waals surface area contributed by atoms with Crippen LogP contribution in [0, 0.1) is 0 Å². The van der Waals surface area contributed by atoms with Crippen LogP contribution in [-0.2, 0) is 23.0 Å². The third kappa shape index (κ3) is 2.28. The van der Waals surface area contributed by atoms with Crippen molar-refractivity contribution in [1.29, 1.82) is 0 Å². The minimum Gasteiger partial charge on any atom is -0.366 e. The molecule has 1 aromatic rings. The number of nitrogens with two attached hydrogens (primary N) is 1. The maximum atomic E-state index is 11.9. The number of carbonyl (C=O) groups is 1. The van der Waals surface area contributed by atoms with Gasteiger partial charge in [-0.3, -0.25) is 9.48 Å². The molecule has 2 atom stereocenters. The first-order valence-electron chi connectivity index (χ1n) is 5.42. The second-order valence-corrected chi connectivity index (χ2v) is 4.00. The number of hydrogen-bond donors (Lipinski definition) is 1. The van der Waals surface area contributed by atoms with Gasteiger partial charge >= 0.3 is 0 Å². The molecule has 16 heavy (non-hydrogen) atoms. The van der Waals surface area contributed by atoms with Gasteiger partial charge in [0.15, 0.2) is 5.78 Å². The average molecular weight is 224 g/mol. The summed E-state index contributed by atoms with van der Waals surface area (Å²) in [5.41, 5.74) is 5.49. The van der Waals surface area contributed by atoms with Crippen LogP contribution < -0.4 is 5.73 Å². The lowest BCUT2D eigenvalue weighted by atomic mass is 10.1. The molecule has 1 saturated heterocycles. The Morgan fingerprint density at radius 1 is 1.69 bits per heavy atom. The quantitative estimate of drug-likeness (QED) is 0.740. The number of ketones is 1. The van der Waals surface area contributed by atoms with Crippen LogP contribution in [0.15, 0.2) is 6.33 Å². The molecular weight excluding hydrogens is 208 g/mol. The van der Waals surface area contributed by atoms with E-state index in [2.05, 4.69) is 10.1 Å². The molecule has 6 heteroatoms. The second kappa shape index (κ2) is 4.71. The summed E-state index contributed by atoms with van der Waals surface area (Å²) < 4.78 is 7.13. The first-order valence-corrected chi connectivity index (χ1v) is 5.42. The Kier molecular flexibility index (Phi) is 3.31. The first-order chi connectivity index (χ1) is 7.70. The molecule has 1 aromatic heterocycles. The fourth-order valence-corrected chi connectivity index (χ4v) is 1.87. The van der Waals surface area contributed by atoms with Gasteiger partial charge in [0.1, 0.15) is 18.3 Å². The summed E-state index contributed by atoms with van der Waals surface area (Å²) in [6.07, 6.45) is 3.07. The highest BCUT2D eigenvalue weighted by Gasteiger charge is 2.30. The van der Waals surface area contributed by atoms with Crippen LogP contribution in [0.1, 0.15) is 18.7 Å². The van der Waals surface area contributed by atoms with Gasteiger partial charge in [0.2, 0.25) is 0 Å². The number of aromatic nitrogens is 3. The zero-order valence-electron chi connectivity index (χ0n) is 9.30. The van der Waals surface area contributed by atoms with Crippen LogP contribution in [0.3, 0.4) is 0 Å². The van der Waals surface area contributed by atoms with Gasteiger partial charge in [0, 0.05) is 13.6 Å². The lowest BCUT2D eigenvalue weighted by molar-refractivity contribution is -0.129. The van der Waals surface area contributed by atoms with Gasteiger partial charge < -0.3 is 10.5 Å². The van der Waals surface area contributed by atoms with E-state index in [4.69, 9.17) is 10.5 Å². The minimum atomic E-state index is -0.315. The number of rotatable bonds is 4. The Morgan fingerprint density at radius 2 is 2.50 bits per heavy atom. The lowest BCUT2D eigenvalue weighted by Gasteiger charge is -2.10. The smallest absolute Gasteiger partial charge is 0.169 e. The van der Waals surface area contributed by atoms with E-state index in [1.165, 1.54) is 6.33 Å². The van der Waals surface area contributed by atoms with Gasteiger partial charge in [-0.05, 0) is 12.8 Å². The number of ether oxygens (including phenoxy) is 1. The molecule has 0 aromatic carbocycles. The van der Waals surface area contributed by atoms with E-state index in [-0.39, 0.29) is 24.4 Å². The fourth-order valence-electron chi connectivity index (χ4n) is 1.87. The molecule has 2 rings (SSSR count). The van der Waals surface area contributed by atoms with Crippen molar-refractivity contribution in [2.75, 3.05) is 6.54 Å².